The zero-order valence-corrected chi connectivity index (χ0v) is 19.2. The number of benzene rings is 2. The molecule has 0 saturated heterocycles. The zero-order valence-electron chi connectivity index (χ0n) is 17.6. The minimum atomic E-state index is -2.90. The predicted molar refractivity (Wildman–Crippen MR) is 116 cm³/mol. The van der Waals surface area contributed by atoms with E-state index < -0.39 is 17.0 Å². The van der Waals surface area contributed by atoms with Gasteiger partial charge in [-0.15, -0.1) is 0 Å². The van der Waals surface area contributed by atoms with Gasteiger partial charge in [0.2, 0.25) is 0 Å². The van der Waals surface area contributed by atoms with Gasteiger partial charge in [-0.25, -0.2) is 0 Å². The van der Waals surface area contributed by atoms with Crippen LogP contribution in [0, 0.1) is 0 Å². The molecule has 2 aromatic rings. The van der Waals surface area contributed by atoms with Crippen molar-refractivity contribution < 1.29 is 25.1 Å². The van der Waals surface area contributed by atoms with E-state index in [9.17, 15) is 4.79 Å². The molecule has 0 amide bonds. The Morgan fingerprint density at radius 3 is 2.10 bits per heavy atom. The van der Waals surface area contributed by atoms with Crippen LogP contribution in [0.4, 0.5) is 0 Å². The van der Waals surface area contributed by atoms with Crippen LogP contribution in [0.2, 0.25) is 14.7 Å². The first-order chi connectivity index (χ1) is 14.1. The molecule has 0 radical (unpaired) electrons. The molecule has 29 heavy (non-hydrogen) atoms. The van der Waals surface area contributed by atoms with Gasteiger partial charge in [-0.2, -0.15) is 0 Å². The Bertz CT molecular complexity index is 1010. The van der Waals surface area contributed by atoms with Gasteiger partial charge in [0.15, 0.2) is 0 Å². The van der Waals surface area contributed by atoms with Crippen LogP contribution < -0.4 is 0 Å². The quantitative estimate of drug-likeness (QED) is 0.474. The second-order valence-corrected chi connectivity index (χ2v) is 15.6. The summed E-state index contributed by atoms with van der Waals surface area (Å²) in [6, 6.07) is 14.1. The summed E-state index contributed by atoms with van der Waals surface area (Å²) in [7, 11) is 0. The van der Waals surface area contributed by atoms with Crippen molar-refractivity contribution in [1.29, 1.82) is 0 Å². The molecule has 0 spiro atoms. The third-order valence-corrected chi connectivity index (χ3v) is 11.5. The monoisotopic (exact) mass is 422 g/mol. The molecule has 150 valence electrons. The molecule has 0 saturated carbocycles. The van der Waals surface area contributed by atoms with Gasteiger partial charge in [-0.05, 0) is 0 Å². The van der Waals surface area contributed by atoms with Crippen LogP contribution in [0.15, 0.2) is 64.8 Å². The number of rotatable bonds is 3. The van der Waals surface area contributed by atoms with Crippen molar-refractivity contribution in [2.75, 3.05) is 0 Å². The summed E-state index contributed by atoms with van der Waals surface area (Å²) in [5.41, 5.74) is 7.40. The molecule has 0 aromatic heterocycles. The Balaban J connectivity index is 1.50. The van der Waals surface area contributed by atoms with Crippen LogP contribution in [0.25, 0.3) is 10.8 Å². The first-order valence-corrected chi connectivity index (χ1v) is 15.9. The molecule has 0 atom stereocenters. The molecule has 2 aromatic carbocycles. The van der Waals surface area contributed by atoms with E-state index in [2.05, 4.69) is 22.6 Å². The summed E-state index contributed by atoms with van der Waals surface area (Å²) in [5, 5.41) is 6.73. The summed E-state index contributed by atoms with van der Waals surface area (Å²) < 4.78 is 6.95. The molecular formula is C26H30O2Ti. The van der Waals surface area contributed by atoms with E-state index in [-0.39, 0.29) is 5.97 Å². The molecule has 0 aliphatic heterocycles. The van der Waals surface area contributed by atoms with Crippen molar-refractivity contribution in [2.45, 2.75) is 66.0 Å². The molecule has 3 aliphatic rings. The second-order valence-electron chi connectivity index (χ2n) is 9.37. The van der Waals surface area contributed by atoms with Gasteiger partial charge in [0.25, 0.3) is 0 Å². The van der Waals surface area contributed by atoms with Gasteiger partial charge < -0.3 is 0 Å². The molecule has 0 heterocycles. The third-order valence-electron chi connectivity index (χ3n) is 7.14. The number of hydrogen-bond acceptors (Lipinski definition) is 2. The van der Waals surface area contributed by atoms with Crippen LogP contribution in [0.3, 0.4) is 0 Å². The molecule has 0 bridgehead atoms. The van der Waals surface area contributed by atoms with Gasteiger partial charge in [-0.3, -0.25) is 0 Å². The van der Waals surface area contributed by atoms with Crippen molar-refractivity contribution in [2.24, 2.45) is 0 Å². The van der Waals surface area contributed by atoms with Crippen LogP contribution in [-0.2, 0) is 20.3 Å². The molecule has 3 aliphatic carbocycles. The molecule has 0 fully saturated rings. The fraction of sp³-hybridized carbons (Fsp3) is 0.423. The van der Waals surface area contributed by atoms with Gasteiger partial charge in [-0.1, -0.05) is 0 Å². The van der Waals surface area contributed by atoms with Crippen molar-refractivity contribution in [3.8, 4) is 0 Å². The topological polar surface area (TPSA) is 26.3 Å². The van der Waals surface area contributed by atoms with Crippen molar-refractivity contribution in [1.82, 2.24) is 0 Å². The Hall–Kier alpha value is -1.64. The first kappa shape index (κ1) is 19.3. The summed E-state index contributed by atoms with van der Waals surface area (Å²) >= 11 is -2.90. The van der Waals surface area contributed by atoms with E-state index in [1.807, 2.05) is 30.3 Å². The van der Waals surface area contributed by atoms with Crippen LogP contribution in [0.5, 0.6) is 0 Å². The van der Waals surface area contributed by atoms with E-state index in [0.717, 1.165) is 16.3 Å². The maximum absolute atomic E-state index is 13.3. The van der Waals surface area contributed by atoms with Crippen molar-refractivity contribution in [3.05, 3.63) is 70.3 Å². The van der Waals surface area contributed by atoms with Gasteiger partial charge in [0, 0.05) is 0 Å². The van der Waals surface area contributed by atoms with Crippen LogP contribution in [0.1, 0.15) is 61.7 Å². The fourth-order valence-electron chi connectivity index (χ4n) is 5.99. The Morgan fingerprint density at radius 1 is 0.828 bits per heavy atom. The van der Waals surface area contributed by atoms with E-state index in [1.165, 1.54) is 51.4 Å². The number of fused-ring (bicyclic) bond motifs is 2. The number of carbonyl (C=O) groups is 1. The SMILES string of the molecule is [CH3][Ti]([CH3])([O]C(=O)c1cccc2ccccc12)[CH]1C2=C(CCCC2)C2=C1CCCC2. The van der Waals surface area contributed by atoms with Crippen molar-refractivity contribution >= 4 is 16.7 Å². The minimum absolute atomic E-state index is 0.116. The predicted octanol–water partition coefficient (Wildman–Crippen LogP) is 7.71. The van der Waals surface area contributed by atoms with Crippen molar-refractivity contribution in [3.63, 3.8) is 0 Å². The standard InChI is InChI=1S/C13H17.C11H8O2.2CH3.Ti/c1-3-7-12-10(5-1)9-11-6-2-4-8-13(11)12;12-11(13)10-7-3-5-8-4-1-2-6-9(8)10;;;/h9H,1-8H2;1-7H,(H,12,13);2*1H3;/q;;;;+1/p-1. The summed E-state index contributed by atoms with van der Waals surface area (Å²) in [5.74, 6) is -0.116. The van der Waals surface area contributed by atoms with E-state index in [1.54, 1.807) is 22.3 Å². The van der Waals surface area contributed by atoms with E-state index in [4.69, 9.17) is 3.32 Å². The van der Waals surface area contributed by atoms with Gasteiger partial charge in [0.05, 0.1) is 0 Å². The fourth-order valence-corrected chi connectivity index (χ4v) is 10.7. The Kier molecular flexibility index (Phi) is 5.04. The second kappa shape index (κ2) is 7.56. The summed E-state index contributed by atoms with van der Waals surface area (Å²) in [4.78, 5) is 13.3. The molecular weight excluding hydrogens is 392 g/mol. The normalized spacial score (nSPS) is 20.1. The molecule has 5 rings (SSSR count). The Morgan fingerprint density at radius 2 is 1.41 bits per heavy atom. The number of allylic oxidation sites excluding steroid dienone is 4. The Labute approximate surface area is 177 Å². The average Bonchev–Trinajstić information content (AvgIpc) is 3.08. The number of carbonyl (C=O) groups excluding carboxylic acids is 1. The first-order valence-electron chi connectivity index (χ1n) is 11.2. The molecule has 0 N–H and O–H groups in total. The molecule has 3 heteroatoms. The van der Waals surface area contributed by atoms with Crippen LogP contribution >= 0.6 is 0 Å². The van der Waals surface area contributed by atoms with E-state index in [0.29, 0.717) is 4.22 Å². The molecule has 0 unspecified atom stereocenters. The van der Waals surface area contributed by atoms with Gasteiger partial charge >= 0.3 is 178 Å². The van der Waals surface area contributed by atoms with E-state index >= 15 is 0 Å². The maximum atomic E-state index is 13.3. The summed E-state index contributed by atoms with van der Waals surface area (Å²) in [6.07, 6.45) is 10.2. The molecule has 2 nitrogen and oxygen atoms in total. The van der Waals surface area contributed by atoms with Gasteiger partial charge in [0.1, 0.15) is 0 Å². The summed E-state index contributed by atoms with van der Waals surface area (Å²) in [6.45, 7) is 0. The average molecular weight is 422 g/mol. The zero-order chi connectivity index (χ0) is 20.0. The van der Waals surface area contributed by atoms with Crippen LogP contribution in [-0.4, -0.2) is 5.97 Å². The third kappa shape index (κ3) is 3.35. The number of hydrogen-bond donors (Lipinski definition) is 0.